The van der Waals surface area contributed by atoms with Crippen molar-refractivity contribution in [1.29, 1.82) is 0 Å². The Morgan fingerprint density at radius 3 is 2.67 bits per heavy atom. The van der Waals surface area contributed by atoms with Crippen molar-refractivity contribution in [3.8, 4) is 0 Å². The maximum absolute atomic E-state index is 11.7. The Kier molecular flexibility index (Phi) is 6.38. The Labute approximate surface area is 93.9 Å². The molecule has 0 bridgehead atoms. The monoisotopic (exact) mass is 208 g/mol. The molecule has 0 atom stereocenters. The fraction of sp³-hybridized carbons (Fsp3) is 0.786. The van der Waals surface area contributed by atoms with Crippen LogP contribution >= 0.6 is 0 Å². The van der Waals surface area contributed by atoms with Gasteiger partial charge >= 0.3 is 0 Å². The van der Waals surface area contributed by atoms with Crippen molar-refractivity contribution in [1.82, 2.24) is 0 Å². The van der Waals surface area contributed by atoms with Gasteiger partial charge in [0, 0.05) is 6.42 Å². The Bertz CT molecular complexity index is 215. The predicted molar refractivity (Wildman–Crippen MR) is 64.9 cm³/mol. The Balaban J connectivity index is 2.26. The summed E-state index contributed by atoms with van der Waals surface area (Å²) in [5.74, 6) is 0.419. The molecule has 1 fully saturated rings. The number of carbonyl (C=O) groups is 1. The van der Waals surface area contributed by atoms with Crippen molar-refractivity contribution >= 4 is 5.78 Å². The first-order valence-corrected chi connectivity index (χ1v) is 6.57. The van der Waals surface area contributed by atoms with Gasteiger partial charge < -0.3 is 0 Å². The summed E-state index contributed by atoms with van der Waals surface area (Å²) in [6.45, 7) is 2.23. The van der Waals surface area contributed by atoms with Crippen LogP contribution in [0.2, 0.25) is 0 Å². The molecule has 0 spiro atoms. The summed E-state index contributed by atoms with van der Waals surface area (Å²) < 4.78 is 0. The zero-order chi connectivity index (χ0) is 10.9. The maximum atomic E-state index is 11.7. The van der Waals surface area contributed by atoms with Crippen LogP contribution in [0.4, 0.5) is 0 Å². The lowest BCUT2D eigenvalue weighted by Crippen LogP contribution is -1.99. The molecule has 0 N–H and O–H groups in total. The maximum Gasteiger partial charge on any atom is 0.158 e. The van der Waals surface area contributed by atoms with Crippen LogP contribution in [0.1, 0.15) is 71.1 Å². The molecule has 0 saturated heterocycles. The molecule has 1 heteroatoms. The summed E-state index contributed by atoms with van der Waals surface area (Å²) >= 11 is 0. The first-order valence-electron chi connectivity index (χ1n) is 6.57. The summed E-state index contributed by atoms with van der Waals surface area (Å²) in [6, 6.07) is 0. The van der Waals surface area contributed by atoms with Gasteiger partial charge in [-0.25, -0.2) is 0 Å². The quantitative estimate of drug-likeness (QED) is 0.371. The summed E-state index contributed by atoms with van der Waals surface area (Å²) in [5, 5.41) is 0. The van der Waals surface area contributed by atoms with E-state index in [1.54, 1.807) is 0 Å². The third kappa shape index (κ3) is 5.15. The van der Waals surface area contributed by atoms with Gasteiger partial charge in [0.25, 0.3) is 0 Å². The highest BCUT2D eigenvalue weighted by atomic mass is 16.1. The summed E-state index contributed by atoms with van der Waals surface area (Å²) in [5.41, 5.74) is 1.13. The Morgan fingerprint density at radius 2 is 1.87 bits per heavy atom. The Hall–Kier alpha value is -0.590. The van der Waals surface area contributed by atoms with Crippen molar-refractivity contribution in [2.75, 3.05) is 0 Å². The van der Waals surface area contributed by atoms with Crippen LogP contribution in [-0.4, -0.2) is 5.78 Å². The van der Waals surface area contributed by atoms with Crippen LogP contribution in [0.15, 0.2) is 11.6 Å². The number of ketones is 1. The molecule has 0 aliphatic heterocycles. The molecule has 0 amide bonds. The molecule has 0 aromatic carbocycles. The van der Waals surface area contributed by atoms with E-state index in [1.165, 1.54) is 38.5 Å². The van der Waals surface area contributed by atoms with Crippen LogP contribution in [0.5, 0.6) is 0 Å². The number of carbonyl (C=O) groups excluding carboxylic acids is 1. The summed E-state index contributed by atoms with van der Waals surface area (Å²) in [4.78, 5) is 11.7. The van der Waals surface area contributed by atoms with Gasteiger partial charge in [0.15, 0.2) is 5.78 Å². The minimum atomic E-state index is 0.419. The van der Waals surface area contributed by atoms with E-state index in [9.17, 15) is 4.79 Å². The van der Waals surface area contributed by atoms with Gasteiger partial charge in [-0.2, -0.15) is 0 Å². The van der Waals surface area contributed by atoms with Gasteiger partial charge in [-0.1, -0.05) is 38.7 Å². The molecule has 0 radical (unpaired) electrons. The van der Waals surface area contributed by atoms with E-state index in [0.717, 1.165) is 31.3 Å². The number of allylic oxidation sites excluding steroid dienone is 2. The molecule has 0 aromatic rings. The minimum Gasteiger partial charge on any atom is -0.295 e. The molecule has 1 rings (SSSR count). The molecular weight excluding hydrogens is 184 g/mol. The molecular formula is C14H24O. The summed E-state index contributed by atoms with van der Waals surface area (Å²) in [7, 11) is 0. The standard InChI is InChI=1S/C14H24O/c1-2-3-4-5-7-10-13-11-8-6-9-12-14(13)15/h10H,2-9,11-12H2,1H3/b13-10-. The predicted octanol–water partition coefficient (Wildman–Crippen LogP) is 4.42. The van der Waals surface area contributed by atoms with Crippen LogP contribution in [0, 0.1) is 0 Å². The van der Waals surface area contributed by atoms with Gasteiger partial charge in [0.05, 0.1) is 0 Å². The number of hydrogen-bond acceptors (Lipinski definition) is 1. The largest absolute Gasteiger partial charge is 0.295 e. The van der Waals surface area contributed by atoms with Crippen LogP contribution in [-0.2, 0) is 4.79 Å². The molecule has 15 heavy (non-hydrogen) atoms. The summed E-state index contributed by atoms with van der Waals surface area (Å²) in [6.07, 6.45) is 13.9. The molecule has 1 aliphatic rings. The highest BCUT2D eigenvalue weighted by molar-refractivity contribution is 5.95. The van der Waals surface area contributed by atoms with Crippen LogP contribution in [0.25, 0.3) is 0 Å². The zero-order valence-corrected chi connectivity index (χ0v) is 10.1. The normalized spacial score (nSPS) is 20.6. The van der Waals surface area contributed by atoms with Crippen molar-refractivity contribution in [3.63, 3.8) is 0 Å². The second-order valence-corrected chi connectivity index (χ2v) is 4.56. The second-order valence-electron chi connectivity index (χ2n) is 4.56. The lowest BCUT2D eigenvalue weighted by atomic mass is 10.0. The number of Topliss-reactive ketones (excluding diaryl/α,β-unsaturated/α-hetero) is 1. The fourth-order valence-corrected chi connectivity index (χ4v) is 2.14. The molecule has 0 aromatic heterocycles. The molecule has 0 heterocycles. The average Bonchev–Trinajstić information content (AvgIpc) is 2.44. The van der Waals surface area contributed by atoms with E-state index >= 15 is 0 Å². The highest BCUT2D eigenvalue weighted by Crippen LogP contribution is 2.20. The van der Waals surface area contributed by atoms with Gasteiger partial charge in [0.2, 0.25) is 0 Å². The molecule has 86 valence electrons. The number of rotatable bonds is 5. The van der Waals surface area contributed by atoms with Gasteiger partial charge in [-0.05, 0) is 37.7 Å². The van der Waals surface area contributed by atoms with E-state index < -0.39 is 0 Å². The van der Waals surface area contributed by atoms with E-state index in [-0.39, 0.29) is 0 Å². The Morgan fingerprint density at radius 1 is 1.07 bits per heavy atom. The third-order valence-corrected chi connectivity index (χ3v) is 3.16. The van der Waals surface area contributed by atoms with Crippen LogP contribution < -0.4 is 0 Å². The number of hydrogen-bond donors (Lipinski definition) is 0. The number of unbranched alkanes of at least 4 members (excludes halogenated alkanes) is 4. The van der Waals surface area contributed by atoms with E-state index in [2.05, 4.69) is 13.0 Å². The fourth-order valence-electron chi connectivity index (χ4n) is 2.14. The van der Waals surface area contributed by atoms with Crippen molar-refractivity contribution in [2.45, 2.75) is 71.1 Å². The minimum absolute atomic E-state index is 0.419. The van der Waals surface area contributed by atoms with Crippen molar-refractivity contribution in [3.05, 3.63) is 11.6 Å². The first-order chi connectivity index (χ1) is 7.34. The zero-order valence-electron chi connectivity index (χ0n) is 10.1. The SMILES string of the molecule is CCCCCC/C=C1/CCCCCC1=O. The molecule has 1 aliphatic carbocycles. The molecule has 0 unspecified atom stereocenters. The lowest BCUT2D eigenvalue weighted by molar-refractivity contribution is -0.115. The second kappa shape index (κ2) is 7.67. The van der Waals surface area contributed by atoms with Crippen molar-refractivity contribution < 1.29 is 4.79 Å². The first kappa shape index (κ1) is 12.5. The van der Waals surface area contributed by atoms with Gasteiger partial charge in [0.1, 0.15) is 0 Å². The third-order valence-electron chi connectivity index (χ3n) is 3.16. The van der Waals surface area contributed by atoms with Gasteiger partial charge in [-0.3, -0.25) is 4.79 Å². The molecule has 1 saturated carbocycles. The lowest BCUT2D eigenvalue weighted by Gasteiger charge is -2.01. The average molecular weight is 208 g/mol. The van der Waals surface area contributed by atoms with E-state index in [0.29, 0.717) is 5.78 Å². The topological polar surface area (TPSA) is 17.1 Å². The smallest absolute Gasteiger partial charge is 0.158 e. The highest BCUT2D eigenvalue weighted by Gasteiger charge is 2.12. The van der Waals surface area contributed by atoms with Crippen molar-refractivity contribution in [2.24, 2.45) is 0 Å². The van der Waals surface area contributed by atoms with E-state index in [4.69, 9.17) is 0 Å². The molecule has 1 nitrogen and oxygen atoms in total. The van der Waals surface area contributed by atoms with Crippen LogP contribution in [0.3, 0.4) is 0 Å². The van der Waals surface area contributed by atoms with E-state index in [1.807, 2.05) is 0 Å². The van der Waals surface area contributed by atoms with Gasteiger partial charge in [-0.15, -0.1) is 0 Å².